The summed E-state index contributed by atoms with van der Waals surface area (Å²) in [5.41, 5.74) is 9.23. The molecule has 1 aliphatic heterocycles. The van der Waals surface area contributed by atoms with Gasteiger partial charge in [0.2, 0.25) is 0 Å². The molecule has 1 aromatic carbocycles. The van der Waals surface area contributed by atoms with E-state index in [2.05, 4.69) is 10.2 Å². The summed E-state index contributed by atoms with van der Waals surface area (Å²) in [6.45, 7) is 4.21. The summed E-state index contributed by atoms with van der Waals surface area (Å²) >= 11 is 0. The molecule has 1 saturated heterocycles. The number of nitrogens with one attached hydrogen (secondary N) is 1. The fraction of sp³-hybridized carbons (Fsp3) is 0.375. The van der Waals surface area contributed by atoms with Crippen LogP contribution in [0, 0.1) is 12.8 Å². The van der Waals surface area contributed by atoms with E-state index in [0.717, 1.165) is 30.8 Å². The Hall–Kier alpha value is -1.85. The zero-order chi connectivity index (χ0) is 14.8. The zero-order valence-electron chi connectivity index (χ0n) is 12.6. The van der Waals surface area contributed by atoms with Crippen LogP contribution in [0.3, 0.4) is 0 Å². The maximum absolute atomic E-state index is 12.4. The summed E-state index contributed by atoms with van der Waals surface area (Å²) < 4.78 is 0. The molecule has 0 bridgehead atoms. The first-order chi connectivity index (χ1) is 10.2. The van der Waals surface area contributed by atoms with Crippen molar-refractivity contribution < 1.29 is 4.79 Å². The van der Waals surface area contributed by atoms with E-state index in [9.17, 15) is 4.79 Å². The summed E-state index contributed by atoms with van der Waals surface area (Å²) in [5, 5.41) is 7.11. The normalized spacial score (nSPS) is 17.4. The first-order valence-corrected chi connectivity index (χ1v) is 7.29. The summed E-state index contributed by atoms with van der Waals surface area (Å²) in [5.74, 6) is 0.435. The minimum absolute atomic E-state index is 0. The van der Waals surface area contributed by atoms with Crippen molar-refractivity contribution in [2.75, 3.05) is 19.6 Å². The van der Waals surface area contributed by atoms with Gasteiger partial charge in [-0.05, 0) is 31.9 Å². The Morgan fingerprint density at radius 3 is 2.77 bits per heavy atom. The minimum Gasteiger partial charge on any atom is -0.337 e. The second-order valence-electron chi connectivity index (χ2n) is 5.67. The van der Waals surface area contributed by atoms with E-state index in [1.165, 1.54) is 5.56 Å². The molecule has 0 radical (unpaired) electrons. The van der Waals surface area contributed by atoms with E-state index in [-0.39, 0.29) is 18.3 Å². The molecule has 3 rings (SSSR count). The highest BCUT2D eigenvalue weighted by Crippen LogP contribution is 2.21. The van der Waals surface area contributed by atoms with Gasteiger partial charge in [0.25, 0.3) is 5.91 Å². The van der Waals surface area contributed by atoms with Crippen molar-refractivity contribution in [1.82, 2.24) is 15.1 Å². The maximum atomic E-state index is 12.4. The lowest BCUT2D eigenvalue weighted by Gasteiger charge is -2.14. The Bertz CT molecular complexity index is 638. The van der Waals surface area contributed by atoms with Gasteiger partial charge in [-0.3, -0.25) is 9.89 Å². The van der Waals surface area contributed by atoms with Crippen LogP contribution < -0.4 is 5.73 Å². The second-order valence-corrected chi connectivity index (χ2v) is 5.67. The zero-order valence-corrected chi connectivity index (χ0v) is 13.4. The van der Waals surface area contributed by atoms with Gasteiger partial charge in [0, 0.05) is 18.7 Å². The lowest BCUT2D eigenvalue weighted by molar-refractivity contribution is 0.0782. The van der Waals surface area contributed by atoms with E-state index in [1.54, 1.807) is 0 Å². The number of carbonyl (C=O) groups is 1. The van der Waals surface area contributed by atoms with Gasteiger partial charge in [0.05, 0.1) is 5.69 Å². The lowest BCUT2D eigenvalue weighted by Crippen LogP contribution is -2.30. The van der Waals surface area contributed by atoms with Crippen LogP contribution in [0.5, 0.6) is 0 Å². The second kappa shape index (κ2) is 6.94. The molecule has 2 heterocycles. The number of halogens is 1. The van der Waals surface area contributed by atoms with Gasteiger partial charge < -0.3 is 10.6 Å². The first-order valence-electron chi connectivity index (χ1n) is 7.29. The molecule has 1 atom stereocenters. The molecule has 3 N–H and O–H groups in total. The number of aryl methyl sites for hydroxylation is 1. The number of benzene rings is 1. The third-order valence-electron chi connectivity index (χ3n) is 4.06. The highest BCUT2D eigenvalue weighted by atomic mass is 35.5. The molecule has 118 valence electrons. The van der Waals surface area contributed by atoms with E-state index in [1.807, 2.05) is 42.2 Å². The molecule has 1 amide bonds. The Morgan fingerprint density at radius 2 is 2.14 bits per heavy atom. The number of hydrogen-bond donors (Lipinski definition) is 2. The van der Waals surface area contributed by atoms with Crippen molar-refractivity contribution in [3.05, 3.63) is 41.6 Å². The van der Waals surface area contributed by atoms with Crippen molar-refractivity contribution in [3.8, 4) is 11.3 Å². The van der Waals surface area contributed by atoms with E-state index >= 15 is 0 Å². The van der Waals surface area contributed by atoms with Crippen LogP contribution in [-0.4, -0.2) is 40.6 Å². The lowest BCUT2D eigenvalue weighted by atomic mass is 10.1. The fourth-order valence-corrected chi connectivity index (χ4v) is 2.68. The molecular formula is C16H21ClN4O. The molecule has 1 aromatic heterocycles. The van der Waals surface area contributed by atoms with Crippen LogP contribution >= 0.6 is 12.4 Å². The summed E-state index contributed by atoms with van der Waals surface area (Å²) in [7, 11) is 0. The minimum atomic E-state index is 0. The van der Waals surface area contributed by atoms with E-state index in [4.69, 9.17) is 5.73 Å². The standard InChI is InChI=1S/C16H20N4O.ClH/c1-11-2-4-13(5-3-11)14-8-15(19-18-14)16(21)20-7-6-12(9-17)10-20;/h2-5,8,12H,6-7,9-10,17H2,1H3,(H,18,19);1H. The van der Waals surface area contributed by atoms with Crippen molar-refractivity contribution >= 4 is 18.3 Å². The van der Waals surface area contributed by atoms with Gasteiger partial charge in [0.1, 0.15) is 5.69 Å². The van der Waals surface area contributed by atoms with Crippen LogP contribution in [0.2, 0.25) is 0 Å². The number of nitrogens with zero attached hydrogens (tertiary/aromatic N) is 2. The number of carbonyl (C=O) groups excluding carboxylic acids is 1. The predicted octanol–water partition coefficient (Wildman–Crippen LogP) is 2.23. The van der Waals surface area contributed by atoms with Crippen molar-refractivity contribution in [3.63, 3.8) is 0 Å². The highest BCUT2D eigenvalue weighted by Gasteiger charge is 2.27. The molecule has 5 nitrogen and oxygen atoms in total. The largest absolute Gasteiger partial charge is 0.337 e. The molecule has 0 aliphatic carbocycles. The fourth-order valence-electron chi connectivity index (χ4n) is 2.68. The summed E-state index contributed by atoms with van der Waals surface area (Å²) in [6.07, 6.45) is 0.987. The summed E-state index contributed by atoms with van der Waals surface area (Å²) in [4.78, 5) is 14.3. The van der Waals surface area contributed by atoms with Crippen LogP contribution in [0.15, 0.2) is 30.3 Å². The third kappa shape index (κ3) is 3.31. The van der Waals surface area contributed by atoms with Crippen LogP contribution in [0.4, 0.5) is 0 Å². The monoisotopic (exact) mass is 320 g/mol. The Morgan fingerprint density at radius 1 is 1.41 bits per heavy atom. The van der Waals surface area contributed by atoms with Crippen LogP contribution in [0.25, 0.3) is 11.3 Å². The number of likely N-dealkylation sites (tertiary alicyclic amines) is 1. The van der Waals surface area contributed by atoms with Gasteiger partial charge in [-0.1, -0.05) is 29.8 Å². The SMILES string of the molecule is Cc1ccc(-c2cc(C(=O)N3CCC(CN)C3)[nH]n2)cc1.Cl. The third-order valence-corrected chi connectivity index (χ3v) is 4.06. The van der Waals surface area contributed by atoms with Crippen LogP contribution in [0.1, 0.15) is 22.5 Å². The molecule has 2 aromatic rings. The topological polar surface area (TPSA) is 75.0 Å². The Balaban J connectivity index is 0.00000176. The van der Waals surface area contributed by atoms with Crippen molar-refractivity contribution in [2.24, 2.45) is 11.7 Å². The summed E-state index contributed by atoms with van der Waals surface area (Å²) in [6, 6.07) is 9.93. The quantitative estimate of drug-likeness (QED) is 0.910. The molecule has 1 unspecified atom stereocenters. The average Bonchev–Trinajstić information content (AvgIpc) is 3.16. The van der Waals surface area contributed by atoms with Gasteiger partial charge in [-0.2, -0.15) is 5.10 Å². The average molecular weight is 321 g/mol. The molecule has 0 saturated carbocycles. The van der Waals surface area contributed by atoms with Crippen molar-refractivity contribution in [1.29, 1.82) is 0 Å². The molecular weight excluding hydrogens is 300 g/mol. The van der Waals surface area contributed by atoms with Crippen molar-refractivity contribution in [2.45, 2.75) is 13.3 Å². The Labute approximate surface area is 136 Å². The van der Waals surface area contributed by atoms with Crippen LogP contribution in [-0.2, 0) is 0 Å². The predicted molar refractivity (Wildman–Crippen MR) is 89.1 cm³/mol. The first kappa shape index (κ1) is 16.5. The number of nitrogens with two attached hydrogens (primary N) is 1. The molecule has 0 spiro atoms. The van der Waals surface area contributed by atoms with E-state index in [0.29, 0.717) is 18.2 Å². The van der Waals surface area contributed by atoms with Gasteiger partial charge in [-0.25, -0.2) is 0 Å². The number of hydrogen-bond acceptors (Lipinski definition) is 3. The number of rotatable bonds is 3. The number of aromatic amines is 1. The molecule has 1 fully saturated rings. The highest BCUT2D eigenvalue weighted by molar-refractivity contribution is 5.93. The number of amides is 1. The Kier molecular flexibility index (Phi) is 5.21. The molecule has 22 heavy (non-hydrogen) atoms. The number of aromatic nitrogens is 2. The molecule has 6 heteroatoms. The van der Waals surface area contributed by atoms with Gasteiger partial charge in [-0.15, -0.1) is 12.4 Å². The van der Waals surface area contributed by atoms with Gasteiger partial charge >= 0.3 is 0 Å². The maximum Gasteiger partial charge on any atom is 0.271 e. The van der Waals surface area contributed by atoms with Gasteiger partial charge in [0.15, 0.2) is 0 Å². The smallest absolute Gasteiger partial charge is 0.271 e. The molecule has 1 aliphatic rings. The van der Waals surface area contributed by atoms with E-state index < -0.39 is 0 Å². The number of H-pyrrole nitrogens is 1.